The molecule has 9 nitrogen and oxygen atoms in total. The molecule has 0 saturated heterocycles. The predicted molar refractivity (Wildman–Crippen MR) is 140 cm³/mol. The second kappa shape index (κ2) is 11.7. The molecule has 10 heteroatoms. The Balaban J connectivity index is 1.45. The molecule has 4 aromatic rings. The van der Waals surface area contributed by atoms with Crippen LogP contribution in [0.5, 0.6) is 10.8 Å². The molecule has 0 bridgehead atoms. The number of hydrogen-bond donors (Lipinski definition) is 1. The van der Waals surface area contributed by atoms with E-state index in [1.165, 1.54) is 17.5 Å². The minimum absolute atomic E-state index is 0.323. The molecule has 0 aliphatic rings. The van der Waals surface area contributed by atoms with Crippen molar-refractivity contribution >= 4 is 28.9 Å². The average Bonchev–Trinajstić information content (AvgIpc) is 3.27. The van der Waals surface area contributed by atoms with Crippen LogP contribution in [0, 0.1) is 6.92 Å². The summed E-state index contributed by atoms with van der Waals surface area (Å²) in [5.74, 6) is 1.30. The molecule has 0 spiro atoms. The Morgan fingerprint density at radius 2 is 1.94 bits per heavy atom. The van der Waals surface area contributed by atoms with E-state index in [4.69, 9.17) is 14.5 Å². The maximum atomic E-state index is 12.1. The second-order valence-corrected chi connectivity index (χ2v) is 9.28. The second-order valence-electron chi connectivity index (χ2n) is 8.24. The van der Waals surface area contributed by atoms with E-state index in [2.05, 4.69) is 27.2 Å². The molecule has 186 valence electrons. The number of ether oxygens (including phenoxy) is 2. The molecule has 0 unspecified atom stereocenters. The summed E-state index contributed by atoms with van der Waals surface area (Å²) in [6.45, 7) is 5.00. The van der Waals surface area contributed by atoms with E-state index in [1.807, 2.05) is 44.1 Å². The first-order valence-corrected chi connectivity index (χ1v) is 12.4. The van der Waals surface area contributed by atoms with E-state index in [9.17, 15) is 4.79 Å². The summed E-state index contributed by atoms with van der Waals surface area (Å²) >= 11 is 1.50. The van der Waals surface area contributed by atoms with Gasteiger partial charge < -0.3 is 19.7 Å². The maximum absolute atomic E-state index is 12.1. The lowest BCUT2D eigenvalue weighted by Gasteiger charge is -2.10. The van der Waals surface area contributed by atoms with E-state index in [0.29, 0.717) is 41.2 Å². The summed E-state index contributed by atoms with van der Waals surface area (Å²) in [6.07, 6.45) is 3.94. The first-order chi connectivity index (χ1) is 17.4. The van der Waals surface area contributed by atoms with Crippen molar-refractivity contribution in [3.63, 3.8) is 0 Å². The van der Waals surface area contributed by atoms with Crippen LogP contribution < -0.4 is 10.1 Å². The van der Waals surface area contributed by atoms with E-state index < -0.39 is 5.97 Å². The zero-order valence-corrected chi connectivity index (χ0v) is 21.5. The van der Waals surface area contributed by atoms with Crippen LogP contribution in [0.15, 0.2) is 54.9 Å². The summed E-state index contributed by atoms with van der Waals surface area (Å²) in [5.41, 5.74) is 2.80. The largest absolute Gasteiger partial charge is 0.461 e. The number of thiazole rings is 1. The molecular formula is C26H28N6O3S. The fourth-order valence-electron chi connectivity index (χ4n) is 3.18. The summed E-state index contributed by atoms with van der Waals surface area (Å²) in [7, 11) is 3.84. The van der Waals surface area contributed by atoms with Crippen LogP contribution in [0.25, 0.3) is 11.4 Å². The van der Waals surface area contributed by atoms with Crippen LogP contribution >= 0.6 is 11.3 Å². The number of rotatable bonds is 10. The highest BCUT2D eigenvalue weighted by molar-refractivity contribution is 7.14. The van der Waals surface area contributed by atoms with Gasteiger partial charge in [-0.15, -0.1) is 0 Å². The molecule has 36 heavy (non-hydrogen) atoms. The highest BCUT2D eigenvalue weighted by Gasteiger charge is 2.16. The van der Waals surface area contributed by atoms with Crippen LogP contribution in [-0.2, 0) is 11.2 Å². The lowest BCUT2D eigenvalue weighted by Crippen LogP contribution is -2.20. The molecule has 4 rings (SSSR count). The number of nitrogens with one attached hydrogen (secondary N) is 1. The lowest BCUT2D eigenvalue weighted by atomic mass is 10.2. The highest BCUT2D eigenvalue weighted by Crippen LogP contribution is 2.38. The standard InChI is InChI=1S/C26H28N6O3S/c1-5-23-31-24(20-8-6-7-17(2)29-20)26(36-23)35-19-11-12-27-22(15-19)30-21-10-9-18(16-28-21)25(33)34-14-13-32(3)4/h6-12,15-16H,5,13-14H2,1-4H3,(H,27,28,30). The van der Waals surface area contributed by atoms with E-state index in [-0.39, 0.29) is 0 Å². The fraction of sp³-hybridized carbons (Fsp3) is 0.269. The smallest absolute Gasteiger partial charge is 0.339 e. The van der Waals surface area contributed by atoms with E-state index >= 15 is 0 Å². The highest BCUT2D eigenvalue weighted by atomic mass is 32.1. The Hall–Kier alpha value is -3.89. The molecule has 0 aliphatic heterocycles. The SMILES string of the molecule is CCc1nc(-c2cccc(C)n2)c(Oc2ccnc(Nc3ccc(C(=O)OCCN(C)C)cn3)c2)s1. The Kier molecular flexibility index (Phi) is 8.19. The first kappa shape index (κ1) is 25.2. The van der Waals surface area contributed by atoms with Gasteiger partial charge in [-0.1, -0.05) is 24.3 Å². The molecule has 1 N–H and O–H groups in total. The molecule has 0 amide bonds. The van der Waals surface area contributed by atoms with Gasteiger partial charge in [0.25, 0.3) is 0 Å². The summed E-state index contributed by atoms with van der Waals surface area (Å²) < 4.78 is 11.5. The number of aromatic nitrogens is 4. The van der Waals surface area contributed by atoms with Crippen molar-refractivity contribution in [3.05, 3.63) is 71.1 Å². The monoisotopic (exact) mass is 504 g/mol. The molecule has 0 aliphatic carbocycles. The molecule has 0 aromatic carbocycles. The van der Waals surface area contributed by atoms with Crippen molar-refractivity contribution < 1.29 is 14.3 Å². The molecular weight excluding hydrogens is 476 g/mol. The minimum Gasteiger partial charge on any atom is -0.461 e. The topological polar surface area (TPSA) is 102 Å². The van der Waals surface area contributed by atoms with Gasteiger partial charge in [-0.3, -0.25) is 4.98 Å². The third kappa shape index (κ3) is 6.61. The number of pyridine rings is 3. The van der Waals surface area contributed by atoms with Gasteiger partial charge in [0.2, 0.25) is 5.06 Å². The number of carbonyl (C=O) groups is 1. The summed E-state index contributed by atoms with van der Waals surface area (Å²) in [6, 6.07) is 12.8. The minimum atomic E-state index is -0.403. The van der Waals surface area contributed by atoms with Crippen molar-refractivity contribution in [2.24, 2.45) is 0 Å². The Morgan fingerprint density at radius 3 is 2.67 bits per heavy atom. The zero-order chi connectivity index (χ0) is 25.5. The zero-order valence-electron chi connectivity index (χ0n) is 20.7. The molecule has 0 saturated carbocycles. The average molecular weight is 505 g/mol. The van der Waals surface area contributed by atoms with Gasteiger partial charge in [-0.2, -0.15) is 0 Å². The van der Waals surface area contributed by atoms with Gasteiger partial charge in [0, 0.05) is 30.7 Å². The quantitative estimate of drug-likeness (QED) is 0.295. The third-order valence-electron chi connectivity index (χ3n) is 5.04. The number of likely N-dealkylation sites (N-methyl/N-ethyl adjacent to an activating group) is 1. The van der Waals surface area contributed by atoms with Crippen LogP contribution in [0.1, 0.15) is 28.0 Å². The van der Waals surface area contributed by atoms with Crippen LogP contribution in [-0.4, -0.2) is 58.1 Å². The summed E-state index contributed by atoms with van der Waals surface area (Å²) in [4.78, 5) is 32.1. The number of esters is 1. The predicted octanol–water partition coefficient (Wildman–Crippen LogP) is 5.12. The number of nitrogens with zero attached hydrogens (tertiary/aromatic N) is 5. The van der Waals surface area contributed by atoms with Gasteiger partial charge in [0.05, 0.1) is 16.3 Å². The van der Waals surface area contributed by atoms with Crippen molar-refractivity contribution in [1.29, 1.82) is 0 Å². The van der Waals surface area contributed by atoms with E-state index in [1.54, 1.807) is 30.5 Å². The molecule has 0 fully saturated rings. The molecule has 4 aromatic heterocycles. The Morgan fingerprint density at radius 1 is 1.08 bits per heavy atom. The summed E-state index contributed by atoms with van der Waals surface area (Å²) in [5, 5.41) is 4.79. The van der Waals surface area contributed by atoms with Gasteiger partial charge in [-0.25, -0.2) is 19.7 Å². The third-order valence-corrected chi connectivity index (χ3v) is 6.12. The molecule has 4 heterocycles. The van der Waals surface area contributed by atoms with Crippen molar-refractivity contribution in [1.82, 2.24) is 24.8 Å². The Labute approximate surface area is 214 Å². The van der Waals surface area contributed by atoms with Gasteiger partial charge in [0.15, 0.2) is 0 Å². The molecule has 0 radical (unpaired) electrons. The first-order valence-electron chi connectivity index (χ1n) is 11.5. The van der Waals surface area contributed by atoms with Crippen molar-refractivity contribution in [3.8, 4) is 22.2 Å². The van der Waals surface area contributed by atoms with Crippen LogP contribution in [0.2, 0.25) is 0 Å². The number of carbonyl (C=O) groups excluding carboxylic acids is 1. The Bertz CT molecular complexity index is 1320. The maximum Gasteiger partial charge on any atom is 0.339 e. The van der Waals surface area contributed by atoms with Gasteiger partial charge in [0.1, 0.15) is 29.7 Å². The number of anilines is 2. The normalized spacial score (nSPS) is 10.9. The van der Waals surface area contributed by atoms with Crippen molar-refractivity contribution in [2.75, 3.05) is 32.6 Å². The van der Waals surface area contributed by atoms with Gasteiger partial charge >= 0.3 is 5.97 Å². The molecule has 0 atom stereocenters. The van der Waals surface area contributed by atoms with E-state index in [0.717, 1.165) is 28.5 Å². The fourth-order valence-corrected chi connectivity index (χ4v) is 4.06. The number of hydrogen-bond acceptors (Lipinski definition) is 10. The number of aryl methyl sites for hydroxylation is 2. The van der Waals surface area contributed by atoms with Crippen LogP contribution in [0.4, 0.5) is 11.6 Å². The van der Waals surface area contributed by atoms with Crippen molar-refractivity contribution in [2.45, 2.75) is 20.3 Å². The lowest BCUT2D eigenvalue weighted by molar-refractivity contribution is 0.0481. The van der Waals surface area contributed by atoms with Gasteiger partial charge in [-0.05, 0) is 57.8 Å². The van der Waals surface area contributed by atoms with Crippen LogP contribution in [0.3, 0.4) is 0 Å².